The van der Waals surface area contributed by atoms with Crippen LogP contribution >= 0.6 is 0 Å². The van der Waals surface area contributed by atoms with Crippen molar-refractivity contribution in [1.29, 1.82) is 0 Å². The van der Waals surface area contributed by atoms with E-state index >= 15 is 0 Å². The Hall–Kier alpha value is -3.35. The first kappa shape index (κ1) is 34.8. The molecule has 232 valence electrons. The topological polar surface area (TPSA) is 71.1 Å². The summed E-state index contributed by atoms with van der Waals surface area (Å²) in [4.78, 5) is 23.5. The monoisotopic (exact) mass is 584 g/mol. The van der Waals surface area contributed by atoms with Gasteiger partial charge in [-0.3, -0.25) is 0 Å². The Morgan fingerprint density at radius 1 is 0.690 bits per heavy atom. The second-order valence-electron chi connectivity index (χ2n) is 10.5. The van der Waals surface area contributed by atoms with Crippen LogP contribution < -0.4 is 14.2 Å². The van der Waals surface area contributed by atoms with Crippen LogP contribution in [0.3, 0.4) is 0 Å². The first-order valence-corrected chi connectivity index (χ1v) is 15.7. The minimum atomic E-state index is -0.558. The molecular formula is C35H49FO6. The Morgan fingerprint density at radius 3 is 1.79 bits per heavy atom. The van der Waals surface area contributed by atoms with E-state index in [1.807, 2.05) is 0 Å². The molecule has 2 aromatic rings. The lowest BCUT2D eigenvalue weighted by atomic mass is 10.1. The maximum Gasteiger partial charge on any atom is 0.343 e. The van der Waals surface area contributed by atoms with Gasteiger partial charge in [0.05, 0.1) is 25.4 Å². The average molecular weight is 585 g/mol. The fourth-order valence-corrected chi connectivity index (χ4v) is 4.44. The fraction of sp³-hybridized carbons (Fsp3) is 0.543. The number of ether oxygens (including phenoxy) is 4. The second kappa shape index (κ2) is 22.3. The smallest absolute Gasteiger partial charge is 0.343 e. The first-order chi connectivity index (χ1) is 20.5. The van der Waals surface area contributed by atoms with Gasteiger partial charge in [-0.25, -0.2) is 14.0 Å². The van der Waals surface area contributed by atoms with Crippen molar-refractivity contribution in [2.24, 2.45) is 0 Å². The third-order valence-electron chi connectivity index (χ3n) is 6.93. The summed E-state index contributed by atoms with van der Waals surface area (Å²) >= 11 is 0. The predicted octanol–water partition coefficient (Wildman–Crippen LogP) is 9.40. The van der Waals surface area contributed by atoms with Crippen molar-refractivity contribution in [3.63, 3.8) is 0 Å². The van der Waals surface area contributed by atoms with Gasteiger partial charge >= 0.3 is 11.9 Å². The van der Waals surface area contributed by atoms with Gasteiger partial charge in [0.2, 0.25) is 0 Å². The van der Waals surface area contributed by atoms with E-state index in [0.717, 1.165) is 44.9 Å². The van der Waals surface area contributed by atoms with Gasteiger partial charge in [0.1, 0.15) is 11.5 Å². The number of carbonyl (C=O) groups excluding carboxylic acids is 2. The molecule has 0 bridgehead atoms. The molecule has 0 amide bonds. The fourth-order valence-electron chi connectivity index (χ4n) is 4.44. The van der Waals surface area contributed by atoms with Crippen LogP contribution in [0.2, 0.25) is 0 Å². The summed E-state index contributed by atoms with van der Waals surface area (Å²) in [7, 11) is 0. The molecule has 0 saturated heterocycles. The van der Waals surface area contributed by atoms with Crippen LogP contribution in [0.25, 0.3) is 0 Å². The van der Waals surface area contributed by atoms with Crippen molar-refractivity contribution in [3.8, 4) is 17.2 Å². The number of benzene rings is 2. The third-order valence-corrected chi connectivity index (χ3v) is 6.93. The lowest BCUT2D eigenvalue weighted by Crippen LogP contribution is -2.09. The van der Waals surface area contributed by atoms with Gasteiger partial charge in [0.25, 0.3) is 0 Å². The highest BCUT2D eigenvalue weighted by molar-refractivity contribution is 5.91. The van der Waals surface area contributed by atoms with E-state index in [1.165, 1.54) is 69.6 Å². The number of unbranched alkanes of at least 4 members (excludes halogenated alkanes) is 13. The molecular weight excluding hydrogens is 535 g/mol. The lowest BCUT2D eigenvalue weighted by molar-refractivity contribution is -0.137. The van der Waals surface area contributed by atoms with E-state index in [4.69, 9.17) is 18.9 Å². The zero-order valence-corrected chi connectivity index (χ0v) is 25.4. The minimum Gasteiger partial charge on any atom is -0.494 e. The Kier molecular flexibility index (Phi) is 18.5. The molecule has 0 N–H and O–H groups in total. The summed E-state index contributed by atoms with van der Waals surface area (Å²) in [5.74, 6) is -0.452. The molecule has 0 heterocycles. The molecule has 0 aromatic heterocycles. The van der Waals surface area contributed by atoms with Gasteiger partial charge in [0.15, 0.2) is 11.6 Å². The standard InChI is InChI=1S/C35H49FO6/c1-3-5-6-7-13-17-26-40-33-24-23-31(28-32(33)36)42-35(38)29-19-21-30(22-20-29)39-25-16-14-11-9-8-10-12-15-18-27-41-34(37)4-2/h4,19-24,28H,2-3,5-18,25-27H2,1H3. The van der Waals surface area contributed by atoms with E-state index < -0.39 is 11.8 Å². The van der Waals surface area contributed by atoms with Crippen LogP contribution in [0.5, 0.6) is 17.2 Å². The van der Waals surface area contributed by atoms with Gasteiger partial charge < -0.3 is 18.9 Å². The molecule has 0 fully saturated rings. The lowest BCUT2D eigenvalue weighted by Gasteiger charge is -2.10. The predicted molar refractivity (Wildman–Crippen MR) is 165 cm³/mol. The van der Waals surface area contributed by atoms with Crippen LogP contribution in [0, 0.1) is 5.82 Å². The summed E-state index contributed by atoms with van der Waals surface area (Å²) in [5, 5.41) is 0. The third kappa shape index (κ3) is 15.6. The van der Waals surface area contributed by atoms with Crippen molar-refractivity contribution < 1.29 is 32.9 Å². The van der Waals surface area contributed by atoms with E-state index in [-0.39, 0.29) is 17.5 Å². The molecule has 0 aliphatic rings. The van der Waals surface area contributed by atoms with Crippen LogP contribution in [-0.4, -0.2) is 31.8 Å². The van der Waals surface area contributed by atoms with E-state index in [9.17, 15) is 14.0 Å². The number of esters is 2. The van der Waals surface area contributed by atoms with Crippen molar-refractivity contribution in [1.82, 2.24) is 0 Å². The summed E-state index contributed by atoms with van der Waals surface area (Å²) in [5.41, 5.74) is 0.365. The van der Waals surface area contributed by atoms with Crippen molar-refractivity contribution >= 4 is 11.9 Å². The molecule has 42 heavy (non-hydrogen) atoms. The second-order valence-corrected chi connectivity index (χ2v) is 10.5. The normalized spacial score (nSPS) is 10.7. The highest BCUT2D eigenvalue weighted by Crippen LogP contribution is 2.24. The Morgan fingerprint density at radius 2 is 1.21 bits per heavy atom. The zero-order chi connectivity index (χ0) is 30.3. The summed E-state index contributed by atoms with van der Waals surface area (Å²) in [6.45, 7) is 7.13. The average Bonchev–Trinajstić information content (AvgIpc) is 3.00. The van der Waals surface area contributed by atoms with Crippen molar-refractivity contribution in [3.05, 3.63) is 66.5 Å². The number of halogens is 1. The maximum atomic E-state index is 14.4. The van der Waals surface area contributed by atoms with E-state index in [1.54, 1.807) is 30.3 Å². The molecule has 2 aromatic carbocycles. The van der Waals surface area contributed by atoms with Gasteiger partial charge in [0, 0.05) is 12.1 Å². The van der Waals surface area contributed by atoms with E-state index in [0.29, 0.717) is 31.1 Å². The minimum absolute atomic E-state index is 0.135. The first-order valence-electron chi connectivity index (χ1n) is 15.7. The SMILES string of the molecule is C=CC(=O)OCCCCCCCCCCCOc1ccc(C(=O)Oc2ccc(OCCCCCCCC)c(F)c2)cc1. The maximum absolute atomic E-state index is 14.4. The summed E-state index contributed by atoms with van der Waals surface area (Å²) in [6.07, 6.45) is 18.1. The Balaban J connectivity index is 1.55. The molecule has 0 spiro atoms. The number of hydrogen-bond acceptors (Lipinski definition) is 6. The highest BCUT2D eigenvalue weighted by atomic mass is 19.1. The van der Waals surface area contributed by atoms with Crippen molar-refractivity contribution in [2.75, 3.05) is 19.8 Å². The van der Waals surface area contributed by atoms with Gasteiger partial charge in [-0.15, -0.1) is 0 Å². The molecule has 0 radical (unpaired) electrons. The molecule has 0 aliphatic carbocycles. The van der Waals surface area contributed by atoms with Crippen LogP contribution in [0.4, 0.5) is 4.39 Å². The van der Waals surface area contributed by atoms with Gasteiger partial charge in [-0.2, -0.15) is 0 Å². The summed E-state index contributed by atoms with van der Waals surface area (Å²) < 4.78 is 36.1. The Labute approximate surface area is 251 Å². The quantitative estimate of drug-likeness (QED) is 0.0530. The molecule has 6 nitrogen and oxygen atoms in total. The highest BCUT2D eigenvalue weighted by Gasteiger charge is 2.12. The molecule has 0 unspecified atom stereocenters. The largest absolute Gasteiger partial charge is 0.494 e. The molecule has 0 saturated carbocycles. The zero-order valence-electron chi connectivity index (χ0n) is 25.4. The van der Waals surface area contributed by atoms with E-state index in [2.05, 4.69) is 13.5 Å². The van der Waals surface area contributed by atoms with Gasteiger partial charge in [-0.05, 0) is 55.7 Å². The van der Waals surface area contributed by atoms with Crippen LogP contribution in [0.1, 0.15) is 114 Å². The number of rotatable bonds is 24. The molecule has 0 aliphatic heterocycles. The van der Waals surface area contributed by atoms with Crippen LogP contribution in [0.15, 0.2) is 55.1 Å². The summed E-state index contributed by atoms with van der Waals surface area (Å²) in [6, 6.07) is 11.0. The van der Waals surface area contributed by atoms with Crippen molar-refractivity contribution in [2.45, 2.75) is 103 Å². The number of hydrogen-bond donors (Lipinski definition) is 0. The molecule has 2 rings (SSSR count). The Bertz CT molecular complexity index is 1040. The molecule has 0 atom stereocenters. The van der Waals surface area contributed by atoms with Crippen LogP contribution in [-0.2, 0) is 9.53 Å². The van der Waals surface area contributed by atoms with Gasteiger partial charge in [-0.1, -0.05) is 90.6 Å². The molecule has 7 heteroatoms. The number of carbonyl (C=O) groups is 2.